The molecule has 2 rings (SSSR count). The molecule has 0 fully saturated rings. The monoisotopic (exact) mass is 230 g/mol. The lowest BCUT2D eigenvalue weighted by atomic mass is 9.99. The van der Waals surface area contributed by atoms with Crippen LogP contribution in [0.25, 0.3) is 0 Å². The van der Waals surface area contributed by atoms with Crippen LogP contribution in [0.5, 0.6) is 0 Å². The number of nitrogens with zero attached hydrogens (tertiary/aromatic N) is 1. The Kier molecular flexibility index (Phi) is 3.83. The standard InChI is InChI=1S/C14H15FN2/c1-16-14(9-11-5-4-8-17-10-11)12-6-2-3-7-13(12)15/h2-8,10,14,16H,9H2,1H3. The van der Waals surface area contributed by atoms with Crippen LogP contribution in [0.1, 0.15) is 17.2 Å². The third-order valence-corrected chi connectivity index (χ3v) is 2.79. The number of rotatable bonds is 4. The number of likely N-dealkylation sites (N-methyl/N-ethyl adjacent to an activating group) is 1. The minimum atomic E-state index is -0.171. The molecule has 1 aromatic carbocycles. The van der Waals surface area contributed by atoms with Gasteiger partial charge < -0.3 is 5.32 Å². The van der Waals surface area contributed by atoms with Crippen molar-refractivity contribution in [3.8, 4) is 0 Å². The van der Waals surface area contributed by atoms with Crippen molar-refractivity contribution in [2.45, 2.75) is 12.5 Å². The number of benzene rings is 1. The zero-order valence-corrected chi connectivity index (χ0v) is 9.73. The topological polar surface area (TPSA) is 24.9 Å². The van der Waals surface area contributed by atoms with E-state index in [-0.39, 0.29) is 11.9 Å². The van der Waals surface area contributed by atoms with Gasteiger partial charge in [-0.25, -0.2) is 4.39 Å². The molecular weight excluding hydrogens is 215 g/mol. The quantitative estimate of drug-likeness (QED) is 0.873. The molecule has 2 aromatic rings. The molecule has 0 bridgehead atoms. The smallest absolute Gasteiger partial charge is 0.127 e. The minimum absolute atomic E-state index is 0.0274. The maximum atomic E-state index is 13.7. The second-order valence-electron chi connectivity index (χ2n) is 3.93. The maximum Gasteiger partial charge on any atom is 0.127 e. The van der Waals surface area contributed by atoms with Crippen molar-refractivity contribution in [1.82, 2.24) is 10.3 Å². The third kappa shape index (κ3) is 2.88. The Bertz CT molecular complexity index is 471. The second-order valence-corrected chi connectivity index (χ2v) is 3.93. The maximum absolute atomic E-state index is 13.7. The highest BCUT2D eigenvalue weighted by Gasteiger charge is 2.13. The number of hydrogen-bond acceptors (Lipinski definition) is 2. The number of halogens is 1. The summed E-state index contributed by atoms with van der Waals surface area (Å²) >= 11 is 0. The van der Waals surface area contributed by atoms with Gasteiger partial charge in [0, 0.05) is 24.0 Å². The highest BCUT2D eigenvalue weighted by Crippen LogP contribution is 2.20. The number of aromatic nitrogens is 1. The lowest BCUT2D eigenvalue weighted by Crippen LogP contribution is -2.20. The van der Waals surface area contributed by atoms with Gasteiger partial charge in [0.05, 0.1) is 0 Å². The van der Waals surface area contributed by atoms with E-state index in [0.29, 0.717) is 5.56 Å². The van der Waals surface area contributed by atoms with Gasteiger partial charge in [-0.1, -0.05) is 24.3 Å². The van der Waals surface area contributed by atoms with Gasteiger partial charge in [-0.15, -0.1) is 0 Å². The molecule has 1 atom stereocenters. The molecule has 1 N–H and O–H groups in total. The Morgan fingerprint density at radius 3 is 2.71 bits per heavy atom. The molecule has 0 aliphatic heterocycles. The molecule has 0 saturated heterocycles. The summed E-state index contributed by atoms with van der Waals surface area (Å²) < 4.78 is 13.7. The fraction of sp³-hybridized carbons (Fsp3) is 0.214. The molecule has 0 spiro atoms. The van der Waals surface area contributed by atoms with Crippen LogP contribution < -0.4 is 5.32 Å². The van der Waals surface area contributed by atoms with Gasteiger partial charge in [0.1, 0.15) is 5.82 Å². The lowest BCUT2D eigenvalue weighted by Gasteiger charge is -2.17. The fourth-order valence-corrected chi connectivity index (χ4v) is 1.88. The highest BCUT2D eigenvalue weighted by atomic mass is 19.1. The average Bonchev–Trinajstić information content (AvgIpc) is 2.38. The van der Waals surface area contributed by atoms with Crippen molar-refractivity contribution in [2.75, 3.05) is 7.05 Å². The van der Waals surface area contributed by atoms with Crippen LogP contribution in [-0.4, -0.2) is 12.0 Å². The first-order chi connectivity index (χ1) is 8.31. The van der Waals surface area contributed by atoms with Crippen LogP contribution in [0.15, 0.2) is 48.8 Å². The SMILES string of the molecule is CNC(Cc1cccnc1)c1ccccc1F. The predicted octanol–water partition coefficient (Wildman–Crippen LogP) is 2.72. The van der Waals surface area contributed by atoms with E-state index in [1.807, 2.05) is 37.5 Å². The number of nitrogens with one attached hydrogen (secondary N) is 1. The van der Waals surface area contributed by atoms with Gasteiger partial charge >= 0.3 is 0 Å². The van der Waals surface area contributed by atoms with Crippen LogP contribution in [0.4, 0.5) is 4.39 Å². The molecule has 0 amide bonds. The van der Waals surface area contributed by atoms with Crippen LogP contribution >= 0.6 is 0 Å². The Balaban J connectivity index is 2.21. The molecular formula is C14H15FN2. The highest BCUT2D eigenvalue weighted by molar-refractivity contribution is 5.23. The summed E-state index contributed by atoms with van der Waals surface area (Å²) in [6.07, 6.45) is 4.28. The van der Waals surface area contributed by atoms with Crippen LogP contribution in [-0.2, 0) is 6.42 Å². The van der Waals surface area contributed by atoms with E-state index < -0.39 is 0 Å². The van der Waals surface area contributed by atoms with E-state index in [4.69, 9.17) is 0 Å². The van der Waals surface area contributed by atoms with E-state index in [9.17, 15) is 4.39 Å². The predicted molar refractivity (Wildman–Crippen MR) is 66.1 cm³/mol. The van der Waals surface area contributed by atoms with Crippen molar-refractivity contribution in [1.29, 1.82) is 0 Å². The molecule has 88 valence electrons. The minimum Gasteiger partial charge on any atom is -0.313 e. The molecule has 0 saturated carbocycles. The van der Waals surface area contributed by atoms with Crippen molar-refractivity contribution in [3.63, 3.8) is 0 Å². The fourth-order valence-electron chi connectivity index (χ4n) is 1.88. The summed E-state index contributed by atoms with van der Waals surface area (Å²) in [5.74, 6) is -0.171. The number of pyridine rings is 1. The average molecular weight is 230 g/mol. The summed E-state index contributed by atoms with van der Waals surface area (Å²) in [6, 6.07) is 10.7. The van der Waals surface area contributed by atoms with Gasteiger partial charge in [-0.05, 0) is 31.2 Å². The van der Waals surface area contributed by atoms with Gasteiger partial charge in [0.2, 0.25) is 0 Å². The summed E-state index contributed by atoms with van der Waals surface area (Å²) in [5.41, 5.74) is 1.79. The van der Waals surface area contributed by atoms with E-state index in [0.717, 1.165) is 12.0 Å². The Morgan fingerprint density at radius 2 is 2.06 bits per heavy atom. The first kappa shape index (κ1) is 11.7. The van der Waals surface area contributed by atoms with Crippen LogP contribution in [0, 0.1) is 5.82 Å². The normalized spacial score (nSPS) is 12.4. The molecule has 1 aromatic heterocycles. The third-order valence-electron chi connectivity index (χ3n) is 2.79. The van der Waals surface area contributed by atoms with E-state index >= 15 is 0 Å². The Morgan fingerprint density at radius 1 is 1.24 bits per heavy atom. The first-order valence-corrected chi connectivity index (χ1v) is 5.62. The summed E-state index contributed by atoms with van der Waals surface area (Å²) in [5, 5.41) is 3.14. The van der Waals surface area contributed by atoms with Gasteiger partial charge in [0.15, 0.2) is 0 Å². The Hall–Kier alpha value is -1.74. The van der Waals surface area contributed by atoms with E-state index in [1.54, 1.807) is 12.3 Å². The second kappa shape index (κ2) is 5.55. The van der Waals surface area contributed by atoms with Crippen LogP contribution in [0.3, 0.4) is 0 Å². The van der Waals surface area contributed by atoms with Crippen LogP contribution in [0.2, 0.25) is 0 Å². The van der Waals surface area contributed by atoms with Crippen molar-refractivity contribution in [3.05, 3.63) is 65.7 Å². The summed E-state index contributed by atoms with van der Waals surface area (Å²) in [7, 11) is 1.84. The molecule has 1 unspecified atom stereocenters. The Labute approximate surface area is 101 Å². The van der Waals surface area contributed by atoms with Crippen molar-refractivity contribution in [2.24, 2.45) is 0 Å². The zero-order chi connectivity index (χ0) is 12.1. The van der Waals surface area contributed by atoms with Gasteiger partial charge in [-0.3, -0.25) is 4.98 Å². The lowest BCUT2D eigenvalue weighted by molar-refractivity contribution is 0.533. The van der Waals surface area contributed by atoms with Crippen molar-refractivity contribution < 1.29 is 4.39 Å². The first-order valence-electron chi connectivity index (χ1n) is 5.62. The molecule has 3 heteroatoms. The molecule has 2 nitrogen and oxygen atoms in total. The molecule has 17 heavy (non-hydrogen) atoms. The summed E-state index contributed by atoms with van der Waals surface area (Å²) in [6.45, 7) is 0. The van der Waals surface area contributed by atoms with Gasteiger partial charge in [-0.2, -0.15) is 0 Å². The van der Waals surface area contributed by atoms with E-state index in [2.05, 4.69) is 10.3 Å². The molecule has 0 radical (unpaired) electrons. The molecule has 1 heterocycles. The zero-order valence-electron chi connectivity index (χ0n) is 9.73. The summed E-state index contributed by atoms with van der Waals surface area (Å²) in [4.78, 5) is 4.07. The molecule has 0 aliphatic carbocycles. The van der Waals surface area contributed by atoms with E-state index in [1.165, 1.54) is 6.07 Å². The van der Waals surface area contributed by atoms with Crippen molar-refractivity contribution >= 4 is 0 Å². The number of hydrogen-bond donors (Lipinski definition) is 1. The van der Waals surface area contributed by atoms with Gasteiger partial charge in [0.25, 0.3) is 0 Å². The largest absolute Gasteiger partial charge is 0.313 e. The molecule has 0 aliphatic rings.